The number of para-hydroxylation sites is 3. The van der Waals surface area contributed by atoms with Gasteiger partial charge >= 0.3 is 0 Å². The van der Waals surface area contributed by atoms with Gasteiger partial charge in [-0.3, -0.25) is 0 Å². The van der Waals surface area contributed by atoms with Crippen LogP contribution in [0.1, 0.15) is 0 Å². The minimum Gasteiger partial charge on any atom is -0.455 e. The number of aromatic nitrogens is 1. The van der Waals surface area contributed by atoms with E-state index in [0.29, 0.717) is 0 Å². The standard InChI is InChI=1S/C62H40N2O/c1-2-14-41(15-3-1)45-17-12-19-49(36-45)63(50-20-13-18-46(37-50)47-31-30-43-29-28-42-16-4-5-21-52(42)56(43)38-47)51-39-57(62-58(40-51)55-24-8-11-27-61(55)65-62)44-32-34-48(35-33-44)64-59-25-9-6-22-53(59)54-23-7-10-26-60(54)64/h1-40H. The van der Waals surface area contributed by atoms with E-state index in [1.54, 1.807) is 0 Å². The Kier molecular flexibility index (Phi) is 8.53. The largest absolute Gasteiger partial charge is 0.455 e. The lowest BCUT2D eigenvalue weighted by atomic mass is 9.96. The summed E-state index contributed by atoms with van der Waals surface area (Å²) in [5.41, 5.74) is 15.2. The molecular formula is C62H40N2O. The van der Waals surface area contributed by atoms with Gasteiger partial charge in [-0.15, -0.1) is 0 Å². The summed E-state index contributed by atoms with van der Waals surface area (Å²) < 4.78 is 9.17. The predicted molar refractivity (Wildman–Crippen MR) is 274 cm³/mol. The van der Waals surface area contributed by atoms with Gasteiger partial charge in [0.1, 0.15) is 11.2 Å². The third-order valence-corrected chi connectivity index (χ3v) is 13.1. The lowest BCUT2D eigenvalue weighted by Gasteiger charge is -2.27. The van der Waals surface area contributed by atoms with Crippen LogP contribution < -0.4 is 4.90 Å². The van der Waals surface area contributed by atoms with Crippen LogP contribution in [0.2, 0.25) is 0 Å². The molecule has 2 heterocycles. The molecule has 0 radical (unpaired) electrons. The highest BCUT2D eigenvalue weighted by Gasteiger charge is 2.21. The van der Waals surface area contributed by atoms with E-state index in [-0.39, 0.29) is 0 Å². The molecule has 0 saturated heterocycles. The summed E-state index contributed by atoms with van der Waals surface area (Å²) in [5, 5.41) is 9.65. The Hall–Kier alpha value is -8.66. The number of rotatable bonds is 7. The summed E-state index contributed by atoms with van der Waals surface area (Å²) >= 11 is 0. The van der Waals surface area contributed by atoms with Crippen molar-refractivity contribution >= 4 is 82.4 Å². The molecule has 11 aromatic carbocycles. The highest BCUT2D eigenvalue weighted by Crippen LogP contribution is 2.45. The Labute approximate surface area is 376 Å². The molecule has 0 amide bonds. The molecule has 0 fully saturated rings. The van der Waals surface area contributed by atoms with E-state index in [9.17, 15) is 0 Å². The van der Waals surface area contributed by atoms with Gasteiger partial charge in [-0.2, -0.15) is 0 Å². The zero-order chi connectivity index (χ0) is 42.8. The number of anilines is 3. The molecule has 0 spiro atoms. The van der Waals surface area contributed by atoms with Crippen LogP contribution in [0.15, 0.2) is 247 Å². The molecule has 0 aliphatic heterocycles. The normalized spacial score (nSPS) is 11.7. The average molecular weight is 829 g/mol. The van der Waals surface area contributed by atoms with Crippen LogP contribution >= 0.6 is 0 Å². The van der Waals surface area contributed by atoms with Crippen LogP contribution in [-0.2, 0) is 0 Å². The minimum absolute atomic E-state index is 0.867. The maximum Gasteiger partial charge on any atom is 0.143 e. The average Bonchev–Trinajstić information content (AvgIpc) is 3.93. The molecule has 0 saturated carbocycles. The van der Waals surface area contributed by atoms with Crippen molar-refractivity contribution in [3.8, 4) is 39.1 Å². The quantitative estimate of drug-likeness (QED) is 0.149. The van der Waals surface area contributed by atoms with Crippen LogP contribution in [0.3, 0.4) is 0 Å². The molecule has 3 nitrogen and oxygen atoms in total. The molecule has 0 aliphatic rings. The molecule has 0 bridgehead atoms. The maximum absolute atomic E-state index is 6.80. The third-order valence-electron chi connectivity index (χ3n) is 13.1. The smallest absolute Gasteiger partial charge is 0.143 e. The Morgan fingerprint density at radius 3 is 1.57 bits per heavy atom. The SMILES string of the molecule is c1ccc(-c2cccc(N(c3cccc(-c4ccc5ccc6ccccc6c5c4)c3)c3cc(-c4ccc(-n5c6ccccc6c6ccccc65)cc4)c4oc5ccccc5c4c3)c2)cc1. The van der Waals surface area contributed by atoms with Crippen molar-refractivity contribution in [2.75, 3.05) is 4.90 Å². The van der Waals surface area contributed by atoms with Gasteiger partial charge in [0.2, 0.25) is 0 Å². The van der Waals surface area contributed by atoms with Crippen LogP contribution in [0.25, 0.3) is 104 Å². The van der Waals surface area contributed by atoms with Crippen molar-refractivity contribution in [1.82, 2.24) is 4.57 Å². The van der Waals surface area contributed by atoms with Gasteiger partial charge in [-0.05, 0) is 122 Å². The first-order valence-corrected chi connectivity index (χ1v) is 22.2. The first kappa shape index (κ1) is 36.9. The van der Waals surface area contributed by atoms with E-state index >= 15 is 0 Å². The molecule has 2 aromatic heterocycles. The number of hydrogen-bond donors (Lipinski definition) is 0. The predicted octanol–water partition coefficient (Wildman–Crippen LogP) is 17.5. The number of nitrogens with zero attached hydrogens (tertiary/aromatic N) is 2. The summed E-state index contributed by atoms with van der Waals surface area (Å²) in [7, 11) is 0. The first-order chi connectivity index (χ1) is 32.2. The Balaban J connectivity index is 1.01. The number of hydrogen-bond acceptors (Lipinski definition) is 2. The number of benzene rings is 11. The topological polar surface area (TPSA) is 21.3 Å². The fourth-order valence-corrected chi connectivity index (χ4v) is 10.1. The third kappa shape index (κ3) is 6.20. The van der Waals surface area contributed by atoms with E-state index in [2.05, 4.69) is 246 Å². The summed E-state index contributed by atoms with van der Waals surface area (Å²) in [4.78, 5) is 2.41. The van der Waals surface area contributed by atoms with Crippen molar-refractivity contribution in [2.45, 2.75) is 0 Å². The van der Waals surface area contributed by atoms with Gasteiger partial charge in [-0.25, -0.2) is 0 Å². The second kappa shape index (κ2) is 15.0. The summed E-state index contributed by atoms with van der Waals surface area (Å²) in [6, 6.07) is 87.8. The van der Waals surface area contributed by atoms with E-state index < -0.39 is 0 Å². The molecule has 0 N–H and O–H groups in total. The molecule has 0 atom stereocenters. The molecule has 0 aliphatic carbocycles. The molecule has 3 heteroatoms. The zero-order valence-corrected chi connectivity index (χ0v) is 35.4. The van der Waals surface area contributed by atoms with Crippen LogP contribution in [0, 0.1) is 0 Å². The Bertz CT molecular complexity index is 3900. The number of fused-ring (bicyclic) bond motifs is 9. The highest BCUT2D eigenvalue weighted by molar-refractivity contribution is 6.13. The molecule has 13 rings (SSSR count). The lowest BCUT2D eigenvalue weighted by molar-refractivity contribution is 0.670. The minimum atomic E-state index is 0.867. The van der Waals surface area contributed by atoms with Gasteiger partial charge in [-0.1, -0.05) is 170 Å². The molecule has 304 valence electrons. The van der Waals surface area contributed by atoms with E-state index in [1.165, 1.54) is 54.5 Å². The van der Waals surface area contributed by atoms with Crippen LogP contribution in [0.4, 0.5) is 17.1 Å². The zero-order valence-electron chi connectivity index (χ0n) is 35.4. The monoisotopic (exact) mass is 828 g/mol. The fourth-order valence-electron chi connectivity index (χ4n) is 10.1. The van der Waals surface area contributed by atoms with E-state index in [0.717, 1.165) is 66.9 Å². The van der Waals surface area contributed by atoms with Gasteiger partial charge in [0.25, 0.3) is 0 Å². The highest BCUT2D eigenvalue weighted by atomic mass is 16.3. The molecule has 13 aromatic rings. The first-order valence-electron chi connectivity index (χ1n) is 22.2. The van der Waals surface area contributed by atoms with Crippen molar-refractivity contribution in [3.63, 3.8) is 0 Å². The van der Waals surface area contributed by atoms with Gasteiger partial charge in [0.05, 0.1) is 11.0 Å². The summed E-state index contributed by atoms with van der Waals surface area (Å²) in [6.07, 6.45) is 0. The summed E-state index contributed by atoms with van der Waals surface area (Å²) in [5.74, 6) is 0. The molecular weight excluding hydrogens is 789 g/mol. The van der Waals surface area contributed by atoms with Crippen LogP contribution in [-0.4, -0.2) is 4.57 Å². The van der Waals surface area contributed by atoms with Crippen LogP contribution in [0.5, 0.6) is 0 Å². The van der Waals surface area contributed by atoms with Crippen molar-refractivity contribution < 1.29 is 4.42 Å². The van der Waals surface area contributed by atoms with Crippen molar-refractivity contribution in [3.05, 3.63) is 243 Å². The molecule has 0 unspecified atom stereocenters. The number of furan rings is 1. The Morgan fingerprint density at radius 1 is 0.308 bits per heavy atom. The van der Waals surface area contributed by atoms with Gasteiger partial charge < -0.3 is 13.9 Å². The Morgan fingerprint density at radius 2 is 0.846 bits per heavy atom. The second-order valence-corrected chi connectivity index (χ2v) is 16.9. The fraction of sp³-hybridized carbons (Fsp3) is 0. The summed E-state index contributed by atoms with van der Waals surface area (Å²) in [6.45, 7) is 0. The van der Waals surface area contributed by atoms with Crippen molar-refractivity contribution in [2.24, 2.45) is 0 Å². The van der Waals surface area contributed by atoms with Gasteiger partial charge in [0, 0.05) is 49.9 Å². The molecule has 65 heavy (non-hydrogen) atoms. The van der Waals surface area contributed by atoms with E-state index in [4.69, 9.17) is 4.42 Å². The lowest BCUT2D eigenvalue weighted by Crippen LogP contribution is -2.10. The van der Waals surface area contributed by atoms with Crippen molar-refractivity contribution in [1.29, 1.82) is 0 Å². The van der Waals surface area contributed by atoms with E-state index in [1.807, 2.05) is 6.07 Å². The maximum atomic E-state index is 6.80. The second-order valence-electron chi connectivity index (χ2n) is 16.9. The van der Waals surface area contributed by atoms with Gasteiger partial charge in [0.15, 0.2) is 0 Å².